The highest BCUT2D eigenvalue weighted by Crippen LogP contribution is 2.19. The maximum Gasteiger partial charge on any atom is 0.237 e. The minimum Gasteiger partial charge on any atom is -0.491 e. The number of nitrogens with one attached hydrogen (secondary N) is 2. The molecule has 1 aliphatic heterocycles. The van der Waals surface area contributed by atoms with Crippen molar-refractivity contribution in [2.75, 3.05) is 13.2 Å². The van der Waals surface area contributed by atoms with Crippen LogP contribution in [0.2, 0.25) is 0 Å². The molecule has 1 aromatic carbocycles. The van der Waals surface area contributed by atoms with Crippen LogP contribution in [0.5, 0.6) is 5.75 Å². The minimum atomic E-state index is -0.346. The number of halogens is 1. The van der Waals surface area contributed by atoms with E-state index in [1.165, 1.54) is 6.07 Å². The molecule has 1 fully saturated rings. The third-order valence-electron chi connectivity index (χ3n) is 3.60. The Bertz CT molecular complexity index is 479. The predicted molar refractivity (Wildman–Crippen MR) is 79.7 cm³/mol. The van der Waals surface area contributed by atoms with Crippen LogP contribution in [0.1, 0.15) is 38.2 Å². The molecule has 0 aromatic heterocycles. The van der Waals surface area contributed by atoms with E-state index in [-0.39, 0.29) is 17.8 Å². The van der Waals surface area contributed by atoms with Crippen molar-refractivity contribution in [1.29, 1.82) is 0 Å². The van der Waals surface area contributed by atoms with Gasteiger partial charge in [0.1, 0.15) is 0 Å². The molecule has 0 bridgehead atoms. The third-order valence-corrected chi connectivity index (χ3v) is 3.60. The zero-order valence-corrected chi connectivity index (χ0v) is 12.5. The normalized spacial score (nSPS) is 17.8. The number of rotatable bonds is 8. The van der Waals surface area contributed by atoms with Crippen molar-refractivity contribution in [1.82, 2.24) is 10.6 Å². The molecule has 1 saturated heterocycles. The van der Waals surface area contributed by atoms with E-state index in [1.54, 1.807) is 6.07 Å². The average molecular weight is 294 g/mol. The summed E-state index contributed by atoms with van der Waals surface area (Å²) in [5.74, 6) is -0.0264. The number of hydrogen-bond acceptors (Lipinski definition) is 3. The van der Waals surface area contributed by atoms with Crippen LogP contribution in [0, 0.1) is 5.82 Å². The fourth-order valence-corrected chi connectivity index (χ4v) is 2.34. The fraction of sp³-hybridized carbons (Fsp3) is 0.562. The molecule has 1 amide bonds. The number of ether oxygens (including phenoxy) is 1. The van der Waals surface area contributed by atoms with Crippen molar-refractivity contribution in [2.24, 2.45) is 0 Å². The Labute approximate surface area is 125 Å². The first-order valence-electron chi connectivity index (χ1n) is 7.63. The Morgan fingerprint density at radius 1 is 1.43 bits per heavy atom. The van der Waals surface area contributed by atoms with Crippen molar-refractivity contribution in [3.05, 3.63) is 29.6 Å². The average Bonchev–Trinajstić information content (AvgIpc) is 2.88. The molecule has 2 rings (SSSR count). The van der Waals surface area contributed by atoms with Gasteiger partial charge in [-0.15, -0.1) is 0 Å². The second-order valence-electron chi connectivity index (χ2n) is 5.33. The monoisotopic (exact) mass is 294 g/mol. The maximum atomic E-state index is 13.9. The van der Waals surface area contributed by atoms with Crippen LogP contribution in [0.25, 0.3) is 0 Å². The van der Waals surface area contributed by atoms with Gasteiger partial charge in [-0.1, -0.05) is 25.8 Å². The van der Waals surface area contributed by atoms with Crippen molar-refractivity contribution in [2.45, 2.75) is 45.2 Å². The standard InChI is InChI=1S/C16H23FN2O2/c1-2-3-4-9-21-15-6-5-12(10-13(15)17)11-19-14-7-8-18-16(14)20/h5-6,10,14,19H,2-4,7-9,11H2,1H3,(H,18,20). The van der Waals surface area contributed by atoms with E-state index >= 15 is 0 Å². The number of carbonyl (C=O) groups is 1. The lowest BCUT2D eigenvalue weighted by Gasteiger charge is -2.11. The molecule has 1 aliphatic rings. The van der Waals surface area contributed by atoms with Crippen LogP contribution in [0.4, 0.5) is 4.39 Å². The number of amides is 1. The highest BCUT2D eigenvalue weighted by molar-refractivity contribution is 5.83. The van der Waals surface area contributed by atoms with E-state index in [0.29, 0.717) is 25.4 Å². The molecule has 0 aliphatic carbocycles. The molecule has 0 radical (unpaired) electrons. The van der Waals surface area contributed by atoms with Crippen LogP contribution >= 0.6 is 0 Å². The van der Waals surface area contributed by atoms with Crippen LogP contribution in [-0.2, 0) is 11.3 Å². The van der Waals surface area contributed by atoms with Gasteiger partial charge in [0.05, 0.1) is 12.6 Å². The number of benzene rings is 1. The molecule has 0 spiro atoms. The van der Waals surface area contributed by atoms with Gasteiger partial charge in [0, 0.05) is 13.1 Å². The zero-order valence-electron chi connectivity index (χ0n) is 12.5. The highest BCUT2D eigenvalue weighted by atomic mass is 19.1. The lowest BCUT2D eigenvalue weighted by atomic mass is 10.2. The highest BCUT2D eigenvalue weighted by Gasteiger charge is 2.23. The van der Waals surface area contributed by atoms with Gasteiger partial charge in [-0.05, 0) is 30.5 Å². The summed E-state index contributed by atoms with van der Waals surface area (Å²) in [5.41, 5.74) is 0.813. The van der Waals surface area contributed by atoms with Crippen molar-refractivity contribution in [3.63, 3.8) is 0 Å². The first kappa shape index (κ1) is 15.8. The van der Waals surface area contributed by atoms with Gasteiger partial charge >= 0.3 is 0 Å². The molecule has 2 N–H and O–H groups in total. The summed E-state index contributed by atoms with van der Waals surface area (Å²) in [6, 6.07) is 4.79. The van der Waals surface area contributed by atoms with E-state index in [0.717, 1.165) is 31.2 Å². The summed E-state index contributed by atoms with van der Waals surface area (Å²) in [6.45, 7) is 3.85. The summed E-state index contributed by atoms with van der Waals surface area (Å²) < 4.78 is 19.3. The van der Waals surface area contributed by atoms with Crippen LogP contribution in [0.15, 0.2) is 18.2 Å². The first-order chi connectivity index (χ1) is 10.2. The van der Waals surface area contributed by atoms with Crippen molar-refractivity contribution < 1.29 is 13.9 Å². The van der Waals surface area contributed by atoms with Crippen LogP contribution in [-0.4, -0.2) is 25.1 Å². The maximum absolute atomic E-state index is 13.9. The van der Waals surface area contributed by atoms with Gasteiger partial charge in [0.2, 0.25) is 5.91 Å². The van der Waals surface area contributed by atoms with E-state index in [1.807, 2.05) is 6.07 Å². The van der Waals surface area contributed by atoms with Crippen LogP contribution < -0.4 is 15.4 Å². The number of carbonyl (C=O) groups excluding carboxylic acids is 1. The molecule has 1 heterocycles. The van der Waals surface area contributed by atoms with Gasteiger partial charge in [-0.3, -0.25) is 4.79 Å². The SMILES string of the molecule is CCCCCOc1ccc(CNC2CCNC2=O)cc1F. The molecule has 1 unspecified atom stereocenters. The van der Waals surface area contributed by atoms with E-state index < -0.39 is 0 Å². The van der Waals surface area contributed by atoms with Gasteiger partial charge in [-0.2, -0.15) is 0 Å². The Morgan fingerprint density at radius 3 is 2.95 bits per heavy atom. The van der Waals surface area contributed by atoms with Crippen molar-refractivity contribution in [3.8, 4) is 5.75 Å². The summed E-state index contributed by atoms with van der Waals surface area (Å²) in [5, 5.41) is 5.90. The molecule has 4 nitrogen and oxygen atoms in total. The Hall–Kier alpha value is -1.62. The summed E-state index contributed by atoms with van der Waals surface area (Å²) in [6.07, 6.45) is 3.92. The number of hydrogen-bond donors (Lipinski definition) is 2. The Morgan fingerprint density at radius 2 is 2.29 bits per heavy atom. The van der Waals surface area contributed by atoms with Crippen molar-refractivity contribution >= 4 is 5.91 Å². The summed E-state index contributed by atoms with van der Waals surface area (Å²) in [7, 11) is 0. The fourth-order valence-electron chi connectivity index (χ4n) is 2.34. The van der Waals surface area contributed by atoms with Gasteiger partial charge in [-0.25, -0.2) is 4.39 Å². The first-order valence-corrected chi connectivity index (χ1v) is 7.63. The van der Waals surface area contributed by atoms with E-state index in [2.05, 4.69) is 17.6 Å². The Kier molecular flexibility index (Phi) is 5.99. The Balaban J connectivity index is 1.82. The van der Waals surface area contributed by atoms with Crippen LogP contribution in [0.3, 0.4) is 0 Å². The van der Waals surface area contributed by atoms with E-state index in [9.17, 15) is 9.18 Å². The topological polar surface area (TPSA) is 50.4 Å². The zero-order chi connectivity index (χ0) is 15.1. The minimum absolute atomic E-state index is 0.0198. The van der Waals surface area contributed by atoms with Gasteiger partial charge in [0.25, 0.3) is 0 Å². The lowest BCUT2D eigenvalue weighted by Crippen LogP contribution is -2.35. The molecule has 1 aromatic rings. The quantitative estimate of drug-likeness (QED) is 0.724. The number of unbranched alkanes of at least 4 members (excludes halogenated alkanes) is 2. The van der Waals surface area contributed by atoms with E-state index in [4.69, 9.17) is 4.74 Å². The molecule has 0 saturated carbocycles. The molecular formula is C16H23FN2O2. The lowest BCUT2D eigenvalue weighted by molar-refractivity contribution is -0.120. The second-order valence-corrected chi connectivity index (χ2v) is 5.33. The summed E-state index contributed by atoms with van der Waals surface area (Å²) >= 11 is 0. The molecule has 5 heteroatoms. The molecule has 116 valence electrons. The smallest absolute Gasteiger partial charge is 0.237 e. The molecule has 1 atom stereocenters. The predicted octanol–water partition coefficient (Wildman–Crippen LogP) is 2.37. The summed E-state index contributed by atoms with van der Waals surface area (Å²) in [4.78, 5) is 11.4. The van der Waals surface area contributed by atoms with Gasteiger partial charge < -0.3 is 15.4 Å². The third kappa shape index (κ3) is 4.70. The molecular weight excluding hydrogens is 271 g/mol. The largest absolute Gasteiger partial charge is 0.491 e. The second kappa shape index (κ2) is 7.98. The molecule has 21 heavy (non-hydrogen) atoms. The van der Waals surface area contributed by atoms with Gasteiger partial charge in [0.15, 0.2) is 11.6 Å².